The Labute approximate surface area is 183 Å². The average molecular weight is 444 g/mol. The van der Waals surface area contributed by atoms with Crippen LogP contribution in [-0.2, 0) is 28.9 Å². The van der Waals surface area contributed by atoms with Crippen molar-refractivity contribution >= 4 is 21.6 Å². The molecule has 0 aliphatic heterocycles. The molecule has 0 bridgehead atoms. The first-order valence-corrected chi connectivity index (χ1v) is 11.9. The van der Waals surface area contributed by atoms with E-state index < -0.39 is 10.0 Å². The van der Waals surface area contributed by atoms with E-state index in [4.69, 9.17) is 0 Å². The fourth-order valence-electron chi connectivity index (χ4n) is 3.05. The Bertz CT molecular complexity index is 1120. The maximum absolute atomic E-state index is 12.1. The predicted molar refractivity (Wildman–Crippen MR) is 122 cm³/mol. The lowest BCUT2D eigenvalue weighted by Crippen LogP contribution is -2.37. The number of fused-ring (bicyclic) bond motifs is 1. The molecule has 3 N–H and O–H groups in total. The van der Waals surface area contributed by atoms with E-state index in [1.165, 1.54) is 0 Å². The van der Waals surface area contributed by atoms with E-state index in [0.29, 0.717) is 19.0 Å². The Morgan fingerprint density at radius 1 is 1.06 bits per heavy atom. The molecule has 0 fully saturated rings. The third kappa shape index (κ3) is 6.76. The van der Waals surface area contributed by atoms with E-state index in [9.17, 15) is 8.42 Å². The van der Waals surface area contributed by atoms with Crippen LogP contribution in [-0.4, -0.2) is 41.6 Å². The summed E-state index contributed by atoms with van der Waals surface area (Å²) in [6, 6.07) is 13.1. The smallest absolute Gasteiger partial charge is 0.216 e. The number of hydrogen-bond donors (Lipinski definition) is 3. The van der Waals surface area contributed by atoms with E-state index in [0.717, 1.165) is 29.1 Å². The summed E-state index contributed by atoms with van der Waals surface area (Å²) in [5.41, 5.74) is 2.53. The number of guanidine groups is 1. The highest BCUT2D eigenvalue weighted by Gasteiger charge is 2.12. The van der Waals surface area contributed by atoms with Gasteiger partial charge in [-0.25, -0.2) is 18.1 Å². The molecule has 2 aromatic heterocycles. The number of aliphatic imine (C=N–C) groups is 1. The fourth-order valence-corrected chi connectivity index (χ4v) is 4.48. The van der Waals surface area contributed by atoms with Gasteiger partial charge in [0.25, 0.3) is 0 Å². The third-order valence-corrected chi connectivity index (χ3v) is 5.90. The maximum Gasteiger partial charge on any atom is 0.216 e. The van der Waals surface area contributed by atoms with Gasteiger partial charge < -0.3 is 10.6 Å². The van der Waals surface area contributed by atoms with Gasteiger partial charge in [-0.15, -0.1) is 10.2 Å². The lowest BCUT2D eigenvalue weighted by Gasteiger charge is -2.11. The quantitative estimate of drug-likeness (QED) is 0.343. The van der Waals surface area contributed by atoms with Crippen LogP contribution in [0.1, 0.15) is 37.7 Å². The van der Waals surface area contributed by atoms with Gasteiger partial charge in [0.15, 0.2) is 17.4 Å². The van der Waals surface area contributed by atoms with Gasteiger partial charge in [0.1, 0.15) is 0 Å². The van der Waals surface area contributed by atoms with Gasteiger partial charge in [0, 0.05) is 18.8 Å². The molecule has 166 valence electrons. The van der Waals surface area contributed by atoms with E-state index in [-0.39, 0.29) is 11.8 Å². The van der Waals surface area contributed by atoms with Crippen LogP contribution in [0.15, 0.2) is 53.7 Å². The van der Waals surface area contributed by atoms with Crippen molar-refractivity contribution in [3.63, 3.8) is 0 Å². The van der Waals surface area contributed by atoms with Crippen molar-refractivity contribution in [3.8, 4) is 0 Å². The van der Waals surface area contributed by atoms with E-state index in [1.807, 2.05) is 60.0 Å². The highest BCUT2D eigenvalue weighted by molar-refractivity contribution is 7.88. The molecule has 9 nitrogen and oxygen atoms in total. The lowest BCUT2D eigenvalue weighted by atomic mass is 10.1. The number of rotatable bonds is 9. The standard InChI is InChI=1S/C21H29N7O2S/c1-4-22-21(24-14-20-26-25-19-7-5-6-12-28(19)20)23-13-17-8-10-18(11-9-17)15-31(29,30)27-16(2)3/h5-12,16,27H,4,13-15H2,1-3H3,(H2,22,23,24). The van der Waals surface area contributed by atoms with Crippen LogP contribution in [0, 0.1) is 0 Å². The lowest BCUT2D eigenvalue weighted by molar-refractivity contribution is 0.569. The normalized spacial score (nSPS) is 12.5. The van der Waals surface area contributed by atoms with Crippen molar-refractivity contribution in [2.75, 3.05) is 6.54 Å². The molecule has 0 unspecified atom stereocenters. The highest BCUT2D eigenvalue weighted by Crippen LogP contribution is 2.09. The first-order valence-electron chi connectivity index (χ1n) is 10.2. The Morgan fingerprint density at radius 3 is 2.52 bits per heavy atom. The number of benzene rings is 1. The molecular formula is C21H29N7O2S. The Balaban J connectivity index is 1.61. The monoisotopic (exact) mass is 443 g/mol. The molecule has 1 aromatic carbocycles. The van der Waals surface area contributed by atoms with Gasteiger partial charge in [-0.05, 0) is 44.0 Å². The van der Waals surface area contributed by atoms with Crippen molar-refractivity contribution in [2.24, 2.45) is 4.99 Å². The zero-order chi connectivity index (χ0) is 22.3. The number of aromatic nitrogens is 3. The third-order valence-electron chi connectivity index (χ3n) is 4.36. The molecule has 0 saturated heterocycles. The molecule has 0 aliphatic carbocycles. The molecule has 0 amide bonds. The van der Waals surface area contributed by atoms with E-state index in [1.54, 1.807) is 13.8 Å². The van der Waals surface area contributed by atoms with E-state index >= 15 is 0 Å². The van der Waals surface area contributed by atoms with Gasteiger partial charge in [-0.3, -0.25) is 4.40 Å². The number of hydrogen-bond acceptors (Lipinski definition) is 5. The van der Waals surface area contributed by atoms with Gasteiger partial charge in [0.2, 0.25) is 10.0 Å². The van der Waals surface area contributed by atoms with Gasteiger partial charge in [0.05, 0.1) is 18.8 Å². The van der Waals surface area contributed by atoms with Gasteiger partial charge >= 0.3 is 0 Å². The molecule has 3 aromatic rings. The van der Waals surface area contributed by atoms with E-state index in [2.05, 4.69) is 30.5 Å². The predicted octanol–water partition coefficient (Wildman–Crippen LogP) is 1.81. The number of sulfonamides is 1. The second-order valence-corrected chi connectivity index (χ2v) is 9.20. The maximum atomic E-state index is 12.1. The summed E-state index contributed by atoms with van der Waals surface area (Å²) in [5.74, 6) is 1.43. The van der Waals surface area contributed by atoms with Crippen LogP contribution in [0.3, 0.4) is 0 Å². The summed E-state index contributed by atoms with van der Waals surface area (Å²) in [6.45, 7) is 7.29. The minimum atomic E-state index is -3.33. The van der Waals surface area contributed by atoms with Crippen molar-refractivity contribution in [1.29, 1.82) is 0 Å². The topological polar surface area (TPSA) is 113 Å². The van der Waals surface area contributed by atoms with Crippen LogP contribution in [0.4, 0.5) is 0 Å². The van der Waals surface area contributed by atoms with Crippen LogP contribution >= 0.6 is 0 Å². The molecule has 3 rings (SSSR count). The average Bonchev–Trinajstić information content (AvgIpc) is 3.13. The Kier molecular flexibility index (Phi) is 7.59. The first-order chi connectivity index (χ1) is 14.9. The SMILES string of the molecule is CCNC(=NCc1ccc(CS(=O)(=O)NC(C)C)cc1)NCc1nnc2ccccn12. The van der Waals surface area contributed by atoms with Crippen LogP contribution in [0.25, 0.3) is 5.65 Å². The van der Waals surface area contributed by atoms with Gasteiger partial charge in [-0.2, -0.15) is 0 Å². The molecule has 2 heterocycles. The summed E-state index contributed by atoms with van der Waals surface area (Å²) in [7, 11) is -3.33. The summed E-state index contributed by atoms with van der Waals surface area (Å²) < 4.78 is 28.7. The number of nitrogens with one attached hydrogen (secondary N) is 3. The van der Waals surface area contributed by atoms with Crippen molar-refractivity contribution < 1.29 is 8.42 Å². The summed E-state index contributed by atoms with van der Waals surface area (Å²) in [5, 5.41) is 14.9. The second kappa shape index (κ2) is 10.4. The largest absolute Gasteiger partial charge is 0.357 e. The zero-order valence-corrected chi connectivity index (χ0v) is 18.9. The Morgan fingerprint density at radius 2 is 1.81 bits per heavy atom. The van der Waals surface area contributed by atoms with Crippen molar-refractivity contribution in [3.05, 3.63) is 65.6 Å². The molecule has 0 aliphatic rings. The molecule has 0 radical (unpaired) electrons. The molecule has 31 heavy (non-hydrogen) atoms. The van der Waals surface area contributed by atoms with Crippen molar-refractivity contribution in [2.45, 2.75) is 45.7 Å². The van der Waals surface area contributed by atoms with Gasteiger partial charge in [-0.1, -0.05) is 30.3 Å². The molecular weight excluding hydrogens is 414 g/mol. The second-order valence-electron chi connectivity index (χ2n) is 7.44. The summed E-state index contributed by atoms with van der Waals surface area (Å²) in [6.07, 6.45) is 1.93. The highest BCUT2D eigenvalue weighted by atomic mass is 32.2. The first kappa shape index (κ1) is 22.7. The molecule has 10 heteroatoms. The number of pyridine rings is 1. The summed E-state index contributed by atoms with van der Waals surface area (Å²) >= 11 is 0. The van der Waals surface area contributed by atoms with Crippen LogP contribution in [0.2, 0.25) is 0 Å². The van der Waals surface area contributed by atoms with Crippen molar-refractivity contribution in [1.82, 2.24) is 30.0 Å². The van der Waals surface area contributed by atoms with Crippen LogP contribution in [0.5, 0.6) is 0 Å². The summed E-state index contributed by atoms with van der Waals surface area (Å²) in [4.78, 5) is 4.61. The Hall–Kier alpha value is -2.98. The fraction of sp³-hybridized carbons (Fsp3) is 0.381. The minimum Gasteiger partial charge on any atom is -0.357 e. The minimum absolute atomic E-state index is 0.0365. The number of nitrogens with zero attached hydrogens (tertiary/aromatic N) is 4. The molecule has 0 atom stereocenters. The molecule has 0 saturated carbocycles. The van der Waals surface area contributed by atoms with Crippen LogP contribution < -0.4 is 15.4 Å². The molecule has 0 spiro atoms. The zero-order valence-electron chi connectivity index (χ0n) is 18.0.